The molecule has 1 heterocycles. The van der Waals surface area contributed by atoms with E-state index in [1.807, 2.05) is 27.7 Å². The summed E-state index contributed by atoms with van der Waals surface area (Å²) < 4.78 is 18.6. The highest BCUT2D eigenvalue weighted by Crippen LogP contribution is 2.33. The SMILES string of the molecule is CC.CC.CC(Oc1ccc2c(-c3ccc(F)cc3Cl)c[nH]c(=O)c2c1)C(=O)O. The number of carboxylic acid groups (broad SMARTS) is 1. The molecular weight excluding hydrogens is 397 g/mol. The maximum Gasteiger partial charge on any atom is 0.344 e. The summed E-state index contributed by atoms with van der Waals surface area (Å²) in [7, 11) is 0. The molecule has 3 aromatic rings. The average Bonchev–Trinajstić information content (AvgIpc) is 2.72. The van der Waals surface area contributed by atoms with Gasteiger partial charge in [0.25, 0.3) is 5.56 Å². The van der Waals surface area contributed by atoms with Gasteiger partial charge in [0.1, 0.15) is 11.6 Å². The number of halogens is 2. The zero-order valence-corrected chi connectivity index (χ0v) is 17.8. The fraction of sp³-hybridized carbons (Fsp3) is 0.273. The molecule has 1 aromatic heterocycles. The van der Waals surface area contributed by atoms with Crippen LogP contribution in [0.4, 0.5) is 4.39 Å². The lowest BCUT2D eigenvalue weighted by molar-refractivity contribution is -0.144. The Balaban J connectivity index is 0.000000989. The Labute approximate surface area is 174 Å². The maximum absolute atomic E-state index is 13.3. The van der Waals surface area contributed by atoms with Crippen LogP contribution in [0.5, 0.6) is 5.75 Å². The summed E-state index contributed by atoms with van der Waals surface area (Å²) in [5, 5.41) is 10.0. The molecule has 5 nitrogen and oxygen atoms in total. The third kappa shape index (κ3) is 5.81. The largest absolute Gasteiger partial charge is 0.479 e. The Kier molecular flexibility index (Phi) is 9.35. The first kappa shape index (κ1) is 24.2. The first-order valence-electron chi connectivity index (χ1n) is 9.37. The van der Waals surface area contributed by atoms with Gasteiger partial charge < -0.3 is 14.8 Å². The van der Waals surface area contributed by atoms with Crippen LogP contribution < -0.4 is 10.3 Å². The number of rotatable bonds is 4. The highest BCUT2D eigenvalue weighted by atomic mass is 35.5. The van der Waals surface area contributed by atoms with Crippen LogP contribution >= 0.6 is 11.6 Å². The Bertz CT molecular complexity index is 1030. The Hall–Kier alpha value is -2.86. The third-order valence-corrected chi connectivity index (χ3v) is 4.07. The first-order valence-corrected chi connectivity index (χ1v) is 9.75. The van der Waals surface area contributed by atoms with Gasteiger partial charge in [-0.05, 0) is 48.7 Å². The quantitative estimate of drug-likeness (QED) is 0.550. The van der Waals surface area contributed by atoms with Crippen molar-refractivity contribution in [1.29, 1.82) is 0 Å². The summed E-state index contributed by atoms with van der Waals surface area (Å²) in [6.07, 6.45) is 0.454. The molecule has 3 rings (SSSR count). The molecule has 0 aliphatic carbocycles. The number of aromatic amines is 1. The molecule has 0 spiro atoms. The number of aliphatic carboxylic acids is 1. The van der Waals surface area contributed by atoms with Crippen molar-refractivity contribution in [3.63, 3.8) is 0 Å². The Morgan fingerprint density at radius 2 is 1.72 bits per heavy atom. The van der Waals surface area contributed by atoms with Crippen LogP contribution in [0.25, 0.3) is 21.9 Å². The van der Waals surface area contributed by atoms with Gasteiger partial charge in [0.15, 0.2) is 6.10 Å². The Morgan fingerprint density at radius 1 is 1.07 bits per heavy atom. The summed E-state index contributed by atoms with van der Waals surface area (Å²) in [6.45, 7) is 9.39. The number of carbonyl (C=O) groups is 1. The summed E-state index contributed by atoms with van der Waals surface area (Å²) in [4.78, 5) is 25.7. The van der Waals surface area contributed by atoms with E-state index in [0.717, 1.165) is 0 Å². The summed E-state index contributed by atoms with van der Waals surface area (Å²) in [5.74, 6) is -1.31. The van der Waals surface area contributed by atoms with Gasteiger partial charge in [-0.1, -0.05) is 39.3 Å². The van der Waals surface area contributed by atoms with Gasteiger partial charge in [-0.3, -0.25) is 4.79 Å². The average molecular weight is 422 g/mol. The standard InChI is InChI=1S/C18H13ClFNO4.2C2H6/c1-9(18(23)24)25-11-3-5-12-14(7-11)17(22)21-8-15(12)13-4-2-10(20)6-16(13)19;2*1-2/h2-9H,1H3,(H,21,22)(H,23,24);2*1-2H3. The smallest absolute Gasteiger partial charge is 0.344 e. The molecule has 0 radical (unpaired) electrons. The first-order chi connectivity index (χ1) is 13.9. The van der Waals surface area contributed by atoms with Gasteiger partial charge in [-0.15, -0.1) is 0 Å². The molecule has 1 atom stereocenters. The van der Waals surface area contributed by atoms with Crippen molar-refractivity contribution in [1.82, 2.24) is 4.98 Å². The fourth-order valence-electron chi connectivity index (χ4n) is 2.50. The van der Waals surface area contributed by atoms with Crippen molar-refractivity contribution in [2.24, 2.45) is 0 Å². The van der Waals surface area contributed by atoms with E-state index in [9.17, 15) is 14.0 Å². The molecule has 2 aromatic carbocycles. The van der Waals surface area contributed by atoms with Crippen LogP contribution in [-0.2, 0) is 4.79 Å². The number of benzene rings is 2. The van der Waals surface area contributed by atoms with E-state index in [0.29, 0.717) is 21.9 Å². The number of ether oxygens (including phenoxy) is 1. The lowest BCUT2D eigenvalue weighted by Crippen LogP contribution is -2.22. The highest BCUT2D eigenvalue weighted by Gasteiger charge is 2.15. The molecule has 0 saturated heterocycles. The second kappa shape index (κ2) is 11.2. The van der Waals surface area contributed by atoms with Gasteiger partial charge in [0.2, 0.25) is 0 Å². The van der Waals surface area contributed by atoms with Gasteiger partial charge in [0.05, 0.1) is 10.4 Å². The van der Waals surface area contributed by atoms with Crippen molar-refractivity contribution >= 4 is 28.3 Å². The molecule has 2 N–H and O–H groups in total. The van der Waals surface area contributed by atoms with Crippen LogP contribution in [-0.4, -0.2) is 22.2 Å². The minimum Gasteiger partial charge on any atom is -0.479 e. The van der Waals surface area contributed by atoms with E-state index in [4.69, 9.17) is 21.4 Å². The van der Waals surface area contributed by atoms with E-state index in [1.54, 1.807) is 12.1 Å². The van der Waals surface area contributed by atoms with Crippen LogP contribution in [0.3, 0.4) is 0 Å². The summed E-state index contributed by atoms with van der Waals surface area (Å²) in [5.41, 5.74) is 0.833. The molecule has 29 heavy (non-hydrogen) atoms. The maximum atomic E-state index is 13.3. The van der Waals surface area contributed by atoms with Gasteiger partial charge in [0, 0.05) is 17.3 Å². The monoisotopic (exact) mass is 421 g/mol. The van der Waals surface area contributed by atoms with Crippen LogP contribution in [0.15, 0.2) is 47.4 Å². The number of hydrogen-bond acceptors (Lipinski definition) is 3. The van der Waals surface area contributed by atoms with Crippen molar-refractivity contribution in [2.45, 2.75) is 40.7 Å². The van der Waals surface area contributed by atoms with Crippen molar-refractivity contribution < 1.29 is 19.0 Å². The molecule has 0 aliphatic heterocycles. The van der Waals surface area contributed by atoms with E-state index in [1.165, 1.54) is 37.4 Å². The van der Waals surface area contributed by atoms with E-state index < -0.39 is 17.9 Å². The van der Waals surface area contributed by atoms with Crippen molar-refractivity contribution in [2.75, 3.05) is 0 Å². The number of pyridine rings is 1. The normalized spacial score (nSPS) is 10.9. The molecule has 0 aliphatic rings. The lowest BCUT2D eigenvalue weighted by Gasteiger charge is -2.12. The van der Waals surface area contributed by atoms with E-state index >= 15 is 0 Å². The summed E-state index contributed by atoms with van der Waals surface area (Å²) in [6, 6.07) is 8.69. The number of H-pyrrole nitrogens is 1. The fourth-order valence-corrected chi connectivity index (χ4v) is 2.77. The number of hydrogen-bond donors (Lipinski definition) is 2. The van der Waals surface area contributed by atoms with Crippen molar-refractivity contribution in [3.05, 3.63) is 63.8 Å². The van der Waals surface area contributed by atoms with Gasteiger partial charge in [-0.25, -0.2) is 9.18 Å². The molecule has 0 saturated carbocycles. The topological polar surface area (TPSA) is 79.4 Å². The molecule has 156 valence electrons. The zero-order chi connectivity index (χ0) is 22.1. The van der Waals surface area contributed by atoms with Gasteiger partial charge >= 0.3 is 5.97 Å². The zero-order valence-electron chi connectivity index (χ0n) is 17.0. The second-order valence-corrected chi connectivity index (χ2v) is 5.87. The third-order valence-electron chi connectivity index (χ3n) is 3.76. The molecule has 0 fully saturated rings. The summed E-state index contributed by atoms with van der Waals surface area (Å²) >= 11 is 6.12. The molecule has 1 unspecified atom stereocenters. The lowest BCUT2D eigenvalue weighted by atomic mass is 10.0. The van der Waals surface area contributed by atoms with Crippen LogP contribution in [0.1, 0.15) is 34.6 Å². The predicted octanol–water partition coefficient (Wildman–Crippen LogP) is 5.89. The van der Waals surface area contributed by atoms with Crippen LogP contribution in [0.2, 0.25) is 5.02 Å². The minimum atomic E-state index is -1.11. The van der Waals surface area contributed by atoms with E-state index in [-0.39, 0.29) is 16.3 Å². The van der Waals surface area contributed by atoms with E-state index in [2.05, 4.69) is 4.98 Å². The van der Waals surface area contributed by atoms with Gasteiger partial charge in [-0.2, -0.15) is 0 Å². The Morgan fingerprint density at radius 3 is 2.31 bits per heavy atom. The predicted molar refractivity (Wildman–Crippen MR) is 115 cm³/mol. The minimum absolute atomic E-state index is 0.216. The van der Waals surface area contributed by atoms with Crippen molar-refractivity contribution in [3.8, 4) is 16.9 Å². The number of nitrogens with one attached hydrogen (secondary N) is 1. The molecule has 0 amide bonds. The molecule has 0 bridgehead atoms. The highest BCUT2D eigenvalue weighted by molar-refractivity contribution is 6.33. The number of aromatic nitrogens is 1. The number of fused-ring (bicyclic) bond motifs is 1. The second-order valence-electron chi connectivity index (χ2n) is 5.46. The number of carboxylic acids is 1. The molecular formula is C22H25ClFNO4. The van der Waals surface area contributed by atoms with Crippen LogP contribution in [0, 0.1) is 5.82 Å². The molecule has 7 heteroatoms.